The molecule has 1 aromatic rings. The van der Waals surface area contributed by atoms with Gasteiger partial charge < -0.3 is 15.1 Å². The van der Waals surface area contributed by atoms with Crippen molar-refractivity contribution in [2.24, 2.45) is 4.99 Å². The molecule has 0 aliphatic heterocycles. The zero-order chi connectivity index (χ0) is 16.5. The van der Waals surface area contributed by atoms with E-state index in [0.29, 0.717) is 12.6 Å². The van der Waals surface area contributed by atoms with Crippen LogP contribution in [0.4, 0.5) is 0 Å². The van der Waals surface area contributed by atoms with Gasteiger partial charge in [-0.15, -0.1) is 24.0 Å². The summed E-state index contributed by atoms with van der Waals surface area (Å²) in [6.45, 7) is 7.42. The first-order valence-electron chi connectivity index (χ1n) is 8.41. The summed E-state index contributed by atoms with van der Waals surface area (Å²) in [6, 6.07) is 4.44. The van der Waals surface area contributed by atoms with Gasteiger partial charge in [0.25, 0.3) is 0 Å². The van der Waals surface area contributed by atoms with Gasteiger partial charge in [-0.2, -0.15) is 11.8 Å². The van der Waals surface area contributed by atoms with Crippen molar-refractivity contribution in [3.05, 3.63) is 36.3 Å². The standard InChI is InChI=1S/C18H29N3OS.HI/c1-14(2)13-20-18(19-10-9-16-7-5-11-22-16)21-15-6-4-8-17(12-15)23-3;/h5,7,11,15,17H,1,4,6,8-10,12-13H2,2-3H3,(H2,19,20,21);1H. The first kappa shape index (κ1) is 21.4. The molecule has 2 rings (SSSR count). The monoisotopic (exact) mass is 463 g/mol. The number of nitrogens with one attached hydrogen (secondary N) is 2. The molecule has 0 aromatic carbocycles. The van der Waals surface area contributed by atoms with E-state index in [4.69, 9.17) is 4.42 Å². The van der Waals surface area contributed by atoms with Crippen molar-refractivity contribution in [1.82, 2.24) is 10.6 Å². The third-order valence-electron chi connectivity index (χ3n) is 4.05. The van der Waals surface area contributed by atoms with Crippen molar-refractivity contribution in [2.45, 2.75) is 50.3 Å². The smallest absolute Gasteiger partial charge is 0.191 e. The highest BCUT2D eigenvalue weighted by Gasteiger charge is 2.21. The molecule has 0 saturated heterocycles. The highest BCUT2D eigenvalue weighted by Crippen LogP contribution is 2.26. The average Bonchev–Trinajstić information content (AvgIpc) is 3.06. The van der Waals surface area contributed by atoms with Gasteiger partial charge in [-0.1, -0.05) is 18.6 Å². The van der Waals surface area contributed by atoms with E-state index in [1.54, 1.807) is 6.26 Å². The number of guanidine groups is 1. The van der Waals surface area contributed by atoms with Crippen molar-refractivity contribution < 1.29 is 4.42 Å². The van der Waals surface area contributed by atoms with Crippen molar-refractivity contribution >= 4 is 41.7 Å². The number of nitrogens with zero attached hydrogens (tertiary/aromatic N) is 1. The fraction of sp³-hybridized carbons (Fsp3) is 0.611. The molecule has 1 fully saturated rings. The van der Waals surface area contributed by atoms with E-state index in [1.165, 1.54) is 25.7 Å². The minimum absolute atomic E-state index is 0. The maximum Gasteiger partial charge on any atom is 0.191 e. The second-order valence-corrected chi connectivity index (χ2v) is 7.38. The van der Waals surface area contributed by atoms with Crippen LogP contribution in [-0.4, -0.2) is 36.6 Å². The fourth-order valence-electron chi connectivity index (χ4n) is 2.81. The number of hydrogen-bond acceptors (Lipinski definition) is 3. The summed E-state index contributed by atoms with van der Waals surface area (Å²) in [4.78, 5) is 4.64. The van der Waals surface area contributed by atoms with Gasteiger partial charge in [0, 0.05) is 24.3 Å². The van der Waals surface area contributed by atoms with E-state index in [1.807, 2.05) is 30.8 Å². The molecule has 1 aromatic heterocycles. The Labute approximate surface area is 167 Å². The van der Waals surface area contributed by atoms with Crippen molar-refractivity contribution in [3.8, 4) is 0 Å². The molecule has 1 saturated carbocycles. The summed E-state index contributed by atoms with van der Waals surface area (Å²) in [5.41, 5.74) is 1.07. The number of rotatable bonds is 7. The normalized spacial score (nSPS) is 21.0. The number of thioether (sulfide) groups is 1. The fourth-order valence-corrected chi connectivity index (χ4v) is 3.64. The molecule has 0 spiro atoms. The Bertz CT molecular complexity index is 504. The second-order valence-electron chi connectivity index (χ2n) is 6.24. The SMILES string of the molecule is C=C(C)CN=C(NCCc1ccco1)NC1CCCC(SC)C1.I. The summed E-state index contributed by atoms with van der Waals surface area (Å²) in [5, 5.41) is 7.80. The largest absolute Gasteiger partial charge is 0.469 e. The predicted octanol–water partition coefficient (Wildman–Crippen LogP) is 4.23. The van der Waals surface area contributed by atoms with Gasteiger partial charge in [0.05, 0.1) is 12.8 Å². The van der Waals surface area contributed by atoms with E-state index in [-0.39, 0.29) is 24.0 Å². The van der Waals surface area contributed by atoms with Gasteiger partial charge in [0.15, 0.2) is 5.96 Å². The lowest BCUT2D eigenvalue weighted by Crippen LogP contribution is -2.46. The summed E-state index contributed by atoms with van der Waals surface area (Å²) < 4.78 is 5.37. The summed E-state index contributed by atoms with van der Waals surface area (Å²) in [6.07, 6.45) is 9.86. The van der Waals surface area contributed by atoms with Crippen LogP contribution < -0.4 is 10.6 Å². The van der Waals surface area contributed by atoms with Crippen LogP contribution in [0.5, 0.6) is 0 Å². The van der Waals surface area contributed by atoms with Gasteiger partial charge in [-0.05, 0) is 44.6 Å². The van der Waals surface area contributed by atoms with Gasteiger partial charge >= 0.3 is 0 Å². The third-order valence-corrected chi connectivity index (χ3v) is 5.15. The van der Waals surface area contributed by atoms with Crippen LogP contribution in [0.2, 0.25) is 0 Å². The average molecular weight is 463 g/mol. The van der Waals surface area contributed by atoms with Gasteiger partial charge in [0.2, 0.25) is 0 Å². The molecule has 2 atom stereocenters. The number of aliphatic imine (C=N–C) groups is 1. The molecule has 2 N–H and O–H groups in total. The lowest BCUT2D eigenvalue weighted by molar-refractivity contribution is 0.418. The molecule has 1 heterocycles. The maximum absolute atomic E-state index is 5.37. The quantitative estimate of drug-likeness (QED) is 0.275. The first-order valence-corrected chi connectivity index (χ1v) is 9.70. The summed E-state index contributed by atoms with van der Waals surface area (Å²) >= 11 is 1.98. The van der Waals surface area contributed by atoms with Gasteiger partial charge in [-0.3, -0.25) is 0 Å². The molecule has 1 aliphatic rings. The van der Waals surface area contributed by atoms with Crippen LogP contribution in [0.3, 0.4) is 0 Å². The number of furan rings is 1. The highest BCUT2D eigenvalue weighted by molar-refractivity contribution is 14.0. The Morgan fingerprint density at radius 1 is 1.46 bits per heavy atom. The molecule has 0 amide bonds. The Morgan fingerprint density at radius 2 is 2.29 bits per heavy atom. The molecule has 2 unspecified atom stereocenters. The molecule has 0 bridgehead atoms. The molecule has 24 heavy (non-hydrogen) atoms. The Kier molecular flexibility index (Phi) is 10.6. The van der Waals surface area contributed by atoms with E-state index in [9.17, 15) is 0 Å². The second kappa shape index (κ2) is 11.8. The molecular formula is C18H30IN3OS. The molecule has 136 valence electrons. The molecule has 4 nitrogen and oxygen atoms in total. The van der Waals surface area contributed by atoms with Gasteiger partial charge in [0.1, 0.15) is 5.76 Å². The maximum atomic E-state index is 5.37. The summed E-state index contributed by atoms with van der Waals surface area (Å²) in [7, 11) is 0. The minimum Gasteiger partial charge on any atom is -0.469 e. The van der Waals surface area contributed by atoms with Crippen LogP contribution in [-0.2, 0) is 6.42 Å². The van der Waals surface area contributed by atoms with E-state index >= 15 is 0 Å². The Balaban J connectivity index is 0.00000288. The van der Waals surface area contributed by atoms with Crippen LogP contribution >= 0.6 is 35.7 Å². The molecule has 6 heteroatoms. The number of halogens is 1. The Morgan fingerprint density at radius 3 is 2.96 bits per heavy atom. The lowest BCUT2D eigenvalue weighted by atomic mass is 9.95. The molecule has 0 radical (unpaired) electrons. The minimum atomic E-state index is 0. The van der Waals surface area contributed by atoms with Gasteiger partial charge in [-0.25, -0.2) is 4.99 Å². The number of hydrogen-bond donors (Lipinski definition) is 2. The molecule has 1 aliphatic carbocycles. The highest BCUT2D eigenvalue weighted by atomic mass is 127. The van der Waals surface area contributed by atoms with Crippen LogP contribution in [0.15, 0.2) is 40.0 Å². The van der Waals surface area contributed by atoms with Crippen LogP contribution in [0, 0.1) is 0 Å². The van der Waals surface area contributed by atoms with E-state index in [0.717, 1.165) is 35.5 Å². The van der Waals surface area contributed by atoms with E-state index < -0.39 is 0 Å². The zero-order valence-electron chi connectivity index (χ0n) is 14.7. The van der Waals surface area contributed by atoms with Crippen LogP contribution in [0.25, 0.3) is 0 Å². The lowest BCUT2D eigenvalue weighted by Gasteiger charge is -2.30. The third kappa shape index (κ3) is 7.96. The van der Waals surface area contributed by atoms with Crippen molar-refractivity contribution in [1.29, 1.82) is 0 Å². The Hall–Kier alpha value is -0.630. The predicted molar refractivity (Wildman–Crippen MR) is 116 cm³/mol. The summed E-state index contributed by atoms with van der Waals surface area (Å²) in [5.74, 6) is 1.89. The van der Waals surface area contributed by atoms with Crippen molar-refractivity contribution in [3.63, 3.8) is 0 Å². The van der Waals surface area contributed by atoms with Crippen molar-refractivity contribution in [2.75, 3.05) is 19.3 Å². The zero-order valence-corrected chi connectivity index (χ0v) is 17.9. The van der Waals surface area contributed by atoms with Crippen LogP contribution in [0.1, 0.15) is 38.4 Å². The first-order chi connectivity index (χ1) is 11.2. The topological polar surface area (TPSA) is 49.6 Å². The molecular weight excluding hydrogens is 433 g/mol. The van der Waals surface area contributed by atoms with E-state index in [2.05, 4.69) is 28.5 Å².